The Morgan fingerprint density at radius 2 is 1.70 bits per heavy atom. The lowest BCUT2D eigenvalue weighted by molar-refractivity contribution is 1.03. The topological polar surface area (TPSA) is 49.8 Å². The van der Waals surface area contributed by atoms with Crippen LogP contribution in [-0.4, -0.2) is 9.97 Å². The van der Waals surface area contributed by atoms with E-state index >= 15 is 0 Å². The van der Waals surface area contributed by atoms with Gasteiger partial charge < -0.3 is 10.6 Å². The van der Waals surface area contributed by atoms with E-state index in [1.807, 2.05) is 67.6 Å². The van der Waals surface area contributed by atoms with E-state index in [-0.39, 0.29) is 0 Å². The summed E-state index contributed by atoms with van der Waals surface area (Å²) in [5.74, 6) is 1.36. The van der Waals surface area contributed by atoms with Crippen LogP contribution in [0, 0.1) is 6.92 Å². The first-order valence-electron chi connectivity index (χ1n) is 7.35. The summed E-state index contributed by atoms with van der Waals surface area (Å²) >= 11 is 5.89. The molecule has 1 aromatic heterocycles. The van der Waals surface area contributed by atoms with E-state index in [0.29, 0.717) is 12.5 Å². The van der Waals surface area contributed by atoms with E-state index in [2.05, 4.69) is 20.6 Å². The Labute approximate surface area is 140 Å². The van der Waals surface area contributed by atoms with Gasteiger partial charge in [0, 0.05) is 29.0 Å². The minimum atomic E-state index is 0.596. The van der Waals surface area contributed by atoms with Gasteiger partial charge >= 0.3 is 0 Å². The molecule has 1 heterocycles. The van der Waals surface area contributed by atoms with Crippen LogP contribution in [0.1, 0.15) is 11.3 Å². The molecule has 3 rings (SSSR count). The predicted molar refractivity (Wildman–Crippen MR) is 95.3 cm³/mol. The van der Waals surface area contributed by atoms with Gasteiger partial charge in [0.25, 0.3) is 0 Å². The first-order chi connectivity index (χ1) is 11.2. The molecule has 0 atom stereocenters. The van der Waals surface area contributed by atoms with Crippen molar-refractivity contribution in [2.75, 3.05) is 10.6 Å². The fraction of sp³-hybridized carbons (Fsp3) is 0.111. The SMILES string of the molecule is Cc1cc(Nc2ccccc2)nc(NCc2ccc(Cl)cc2)n1. The molecule has 0 aliphatic carbocycles. The van der Waals surface area contributed by atoms with Crippen LogP contribution in [0.3, 0.4) is 0 Å². The molecule has 2 aromatic carbocycles. The lowest BCUT2D eigenvalue weighted by atomic mass is 10.2. The van der Waals surface area contributed by atoms with Crippen LogP contribution in [0.5, 0.6) is 0 Å². The lowest BCUT2D eigenvalue weighted by Crippen LogP contribution is -2.06. The molecule has 0 fully saturated rings. The van der Waals surface area contributed by atoms with Crippen molar-refractivity contribution in [1.29, 1.82) is 0 Å². The number of rotatable bonds is 5. The van der Waals surface area contributed by atoms with Gasteiger partial charge in [-0.3, -0.25) is 0 Å². The molecule has 0 aliphatic rings. The number of aryl methyl sites for hydroxylation is 1. The van der Waals surface area contributed by atoms with Crippen molar-refractivity contribution in [3.05, 3.63) is 76.9 Å². The maximum Gasteiger partial charge on any atom is 0.225 e. The number of nitrogens with one attached hydrogen (secondary N) is 2. The lowest BCUT2D eigenvalue weighted by Gasteiger charge is -2.10. The smallest absolute Gasteiger partial charge is 0.225 e. The second-order valence-corrected chi connectivity index (χ2v) is 5.63. The Kier molecular flexibility index (Phi) is 4.74. The third-order valence-electron chi connectivity index (χ3n) is 3.26. The van der Waals surface area contributed by atoms with Crippen LogP contribution in [0.25, 0.3) is 0 Å². The zero-order valence-corrected chi connectivity index (χ0v) is 13.5. The summed E-state index contributed by atoms with van der Waals surface area (Å²) in [5.41, 5.74) is 3.02. The number of anilines is 3. The summed E-state index contributed by atoms with van der Waals surface area (Å²) in [6.07, 6.45) is 0. The van der Waals surface area contributed by atoms with E-state index < -0.39 is 0 Å². The summed E-state index contributed by atoms with van der Waals surface area (Å²) in [4.78, 5) is 8.92. The van der Waals surface area contributed by atoms with Gasteiger partial charge in [0.15, 0.2) is 0 Å². The highest BCUT2D eigenvalue weighted by molar-refractivity contribution is 6.30. The van der Waals surface area contributed by atoms with Crippen molar-refractivity contribution in [3.8, 4) is 0 Å². The monoisotopic (exact) mass is 324 g/mol. The summed E-state index contributed by atoms with van der Waals surface area (Å²) in [6.45, 7) is 2.59. The van der Waals surface area contributed by atoms with Gasteiger partial charge in [-0.15, -0.1) is 0 Å². The number of aromatic nitrogens is 2. The molecule has 3 aromatic rings. The second-order valence-electron chi connectivity index (χ2n) is 5.19. The van der Waals surface area contributed by atoms with Crippen molar-refractivity contribution >= 4 is 29.1 Å². The first kappa shape index (κ1) is 15.3. The number of hydrogen-bond acceptors (Lipinski definition) is 4. The fourth-order valence-electron chi connectivity index (χ4n) is 2.16. The third-order valence-corrected chi connectivity index (χ3v) is 3.52. The maximum atomic E-state index is 5.89. The summed E-state index contributed by atoms with van der Waals surface area (Å²) < 4.78 is 0. The van der Waals surface area contributed by atoms with E-state index in [0.717, 1.165) is 27.8 Å². The van der Waals surface area contributed by atoms with Gasteiger partial charge in [-0.25, -0.2) is 4.98 Å². The maximum absolute atomic E-state index is 5.89. The van der Waals surface area contributed by atoms with E-state index in [9.17, 15) is 0 Å². The average molecular weight is 325 g/mol. The van der Waals surface area contributed by atoms with Crippen LogP contribution < -0.4 is 10.6 Å². The molecule has 2 N–H and O–H groups in total. The van der Waals surface area contributed by atoms with Crippen molar-refractivity contribution in [2.24, 2.45) is 0 Å². The highest BCUT2D eigenvalue weighted by Gasteiger charge is 2.03. The molecular weight excluding hydrogens is 308 g/mol. The molecule has 0 bridgehead atoms. The Morgan fingerprint density at radius 3 is 2.43 bits per heavy atom. The van der Waals surface area contributed by atoms with Crippen molar-refractivity contribution in [2.45, 2.75) is 13.5 Å². The number of halogens is 1. The second kappa shape index (κ2) is 7.11. The molecule has 0 unspecified atom stereocenters. The normalized spacial score (nSPS) is 10.3. The van der Waals surface area contributed by atoms with Crippen molar-refractivity contribution < 1.29 is 0 Å². The van der Waals surface area contributed by atoms with Gasteiger partial charge in [-0.05, 0) is 36.8 Å². The largest absolute Gasteiger partial charge is 0.350 e. The average Bonchev–Trinajstić information content (AvgIpc) is 2.55. The molecule has 5 heteroatoms. The van der Waals surface area contributed by atoms with Crippen LogP contribution in [0.15, 0.2) is 60.7 Å². The molecule has 0 aliphatic heterocycles. The van der Waals surface area contributed by atoms with Gasteiger partial charge in [-0.2, -0.15) is 4.98 Å². The standard InChI is InChI=1S/C18H17ClN4/c1-13-11-17(22-16-5-3-2-4-6-16)23-18(21-13)20-12-14-7-9-15(19)10-8-14/h2-11H,12H2,1H3,(H2,20,21,22,23). The molecule has 0 radical (unpaired) electrons. The van der Waals surface area contributed by atoms with Crippen molar-refractivity contribution in [1.82, 2.24) is 9.97 Å². The highest BCUT2D eigenvalue weighted by atomic mass is 35.5. The molecule has 23 heavy (non-hydrogen) atoms. The van der Waals surface area contributed by atoms with E-state index in [1.165, 1.54) is 0 Å². The van der Waals surface area contributed by atoms with Gasteiger partial charge in [-0.1, -0.05) is 41.9 Å². The molecule has 0 spiro atoms. The quantitative estimate of drug-likeness (QED) is 0.708. The Morgan fingerprint density at radius 1 is 0.957 bits per heavy atom. The molecule has 0 saturated heterocycles. The van der Waals surface area contributed by atoms with Crippen LogP contribution in [0.4, 0.5) is 17.5 Å². The summed E-state index contributed by atoms with van der Waals surface area (Å²) in [5, 5.41) is 7.26. The van der Waals surface area contributed by atoms with Crippen LogP contribution in [-0.2, 0) is 6.54 Å². The van der Waals surface area contributed by atoms with Crippen LogP contribution in [0.2, 0.25) is 5.02 Å². The first-order valence-corrected chi connectivity index (χ1v) is 7.73. The summed E-state index contributed by atoms with van der Waals surface area (Å²) in [6, 6.07) is 19.6. The molecule has 0 saturated carbocycles. The molecule has 116 valence electrons. The number of para-hydroxylation sites is 1. The zero-order chi connectivity index (χ0) is 16.1. The van der Waals surface area contributed by atoms with Gasteiger partial charge in [0.1, 0.15) is 5.82 Å². The number of nitrogens with zero attached hydrogens (tertiary/aromatic N) is 2. The van der Waals surface area contributed by atoms with Crippen molar-refractivity contribution in [3.63, 3.8) is 0 Å². The van der Waals surface area contributed by atoms with Gasteiger partial charge in [0.05, 0.1) is 0 Å². The Balaban J connectivity index is 1.71. The molecule has 4 nitrogen and oxygen atoms in total. The highest BCUT2D eigenvalue weighted by Crippen LogP contribution is 2.17. The summed E-state index contributed by atoms with van der Waals surface area (Å²) in [7, 11) is 0. The predicted octanol–water partition coefficient (Wildman–Crippen LogP) is 4.79. The minimum Gasteiger partial charge on any atom is -0.350 e. The Hall–Kier alpha value is -2.59. The molecular formula is C18H17ClN4. The van der Waals surface area contributed by atoms with Gasteiger partial charge in [0.2, 0.25) is 5.95 Å². The fourth-order valence-corrected chi connectivity index (χ4v) is 2.29. The van der Waals surface area contributed by atoms with E-state index in [1.54, 1.807) is 0 Å². The molecule has 0 amide bonds. The zero-order valence-electron chi connectivity index (χ0n) is 12.8. The Bertz CT molecular complexity index is 773. The number of benzene rings is 2. The number of hydrogen-bond donors (Lipinski definition) is 2. The third kappa shape index (κ3) is 4.44. The minimum absolute atomic E-state index is 0.596. The van der Waals surface area contributed by atoms with Crippen LogP contribution >= 0.6 is 11.6 Å². The van der Waals surface area contributed by atoms with E-state index in [4.69, 9.17) is 11.6 Å².